The lowest BCUT2D eigenvalue weighted by Gasteiger charge is -2.14. The summed E-state index contributed by atoms with van der Waals surface area (Å²) in [6.07, 6.45) is 0.357. The number of rotatable bonds is 7. The fraction of sp³-hybridized carbons (Fsp3) is 0.238. The summed E-state index contributed by atoms with van der Waals surface area (Å²) in [5.41, 5.74) is 1.99. The van der Waals surface area contributed by atoms with Crippen molar-refractivity contribution in [2.45, 2.75) is 30.4 Å². The number of nitrogens with one attached hydrogen (secondary N) is 2. The Bertz CT molecular complexity index is 1190. The Kier molecular flexibility index (Phi) is 5.75. The third kappa shape index (κ3) is 4.59. The normalized spacial score (nSPS) is 15.5. The molecule has 0 saturated carbocycles. The van der Waals surface area contributed by atoms with Crippen molar-refractivity contribution in [2.24, 2.45) is 0 Å². The van der Waals surface area contributed by atoms with E-state index in [4.69, 9.17) is 4.74 Å². The van der Waals surface area contributed by atoms with Crippen LogP contribution in [0.5, 0.6) is 5.75 Å². The summed E-state index contributed by atoms with van der Waals surface area (Å²) in [7, 11) is -2.68. The Balaban J connectivity index is 1.40. The summed E-state index contributed by atoms with van der Waals surface area (Å²) in [5.74, 6) is -0.916. The van der Waals surface area contributed by atoms with Gasteiger partial charge in [-0.15, -0.1) is 0 Å². The van der Waals surface area contributed by atoms with E-state index in [9.17, 15) is 17.6 Å². The number of fused-ring (bicyclic) bond motifs is 1. The van der Waals surface area contributed by atoms with E-state index in [1.165, 1.54) is 13.2 Å². The predicted molar refractivity (Wildman–Crippen MR) is 111 cm³/mol. The van der Waals surface area contributed by atoms with E-state index in [0.29, 0.717) is 13.0 Å². The van der Waals surface area contributed by atoms with Gasteiger partial charge in [0.15, 0.2) is 0 Å². The van der Waals surface area contributed by atoms with E-state index in [1.54, 1.807) is 10.7 Å². The Labute approximate surface area is 179 Å². The van der Waals surface area contributed by atoms with Crippen LogP contribution in [-0.4, -0.2) is 37.3 Å². The predicted octanol–water partition coefficient (Wildman–Crippen LogP) is 1.86. The summed E-state index contributed by atoms with van der Waals surface area (Å²) in [5, 5.41) is 7.11. The minimum Gasteiger partial charge on any atom is -0.495 e. The van der Waals surface area contributed by atoms with Gasteiger partial charge < -0.3 is 10.1 Å². The number of benzene rings is 2. The van der Waals surface area contributed by atoms with E-state index in [1.807, 2.05) is 30.3 Å². The fourth-order valence-electron chi connectivity index (χ4n) is 3.51. The summed E-state index contributed by atoms with van der Waals surface area (Å²) in [6, 6.07) is 14.0. The number of sulfonamides is 1. The largest absolute Gasteiger partial charge is 0.495 e. The van der Waals surface area contributed by atoms with E-state index in [2.05, 4.69) is 15.1 Å². The molecule has 8 nitrogen and oxygen atoms in total. The lowest BCUT2D eigenvalue weighted by atomic mass is 10.2. The number of hydrogen-bond acceptors (Lipinski definition) is 5. The van der Waals surface area contributed by atoms with Gasteiger partial charge in [-0.25, -0.2) is 17.5 Å². The molecule has 0 saturated heterocycles. The van der Waals surface area contributed by atoms with Gasteiger partial charge in [-0.1, -0.05) is 30.3 Å². The van der Waals surface area contributed by atoms with Gasteiger partial charge in [-0.05, 0) is 29.8 Å². The number of methoxy groups -OCH3 is 1. The first-order valence-corrected chi connectivity index (χ1v) is 11.1. The molecule has 0 radical (unpaired) electrons. The molecule has 1 aliphatic heterocycles. The lowest BCUT2D eigenvalue weighted by Crippen LogP contribution is -2.36. The Morgan fingerprint density at radius 2 is 2.00 bits per heavy atom. The summed E-state index contributed by atoms with van der Waals surface area (Å²) in [6.45, 7) is 0.651. The highest BCUT2D eigenvalue weighted by Gasteiger charge is 2.30. The van der Waals surface area contributed by atoms with Gasteiger partial charge >= 0.3 is 0 Å². The first-order valence-electron chi connectivity index (χ1n) is 9.60. The summed E-state index contributed by atoms with van der Waals surface area (Å²) >= 11 is 0. The maximum Gasteiger partial charge on any atom is 0.272 e. The molecule has 4 rings (SSSR count). The van der Waals surface area contributed by atoms with Crippen molar-refractivity contribution in [3.63, 3.8) is 0 Å². The molecule has 10 heteroatoms. The molecule has 3 aromatic rings. The molecule has 31 heavy (non-hydrogen) atoms. The van der Waals surface area contributed by atoms with Gasteiger partial charge in [0.05, 0.1) is 13.7 Å². The van der Waals surface area contributed by atoms with E-state index >= 15 is 0 Å². The molecular formula is C21H21FN4O4S. The molecule has 2 aromatic carbocycles. The second-order valence-corrected chi connectivity index (χ2v) is 8.87. The molecule has 0 unspecified atom stereocenters. The molecule has 1 amide bonds. The Morgan fingerprint density at radius 3 is 2.71 bits per heavy atom. The molecule has 162 valence electrons. The van der Waals surface area contributed by atoms with Crippen molar-refractivity contribution < 1.29 is 22.3 Å². The van der Waals surface area contributed by atoms with Gasteiger partial charge in [-0.2, -0.15) is 5.10 Å². The van der Waals surface area contributed by atoms with Crippen molar-refractivity contribution in [1.82, 2.24) is 19.8 Å². The van der Waals surface area contributed by atoms with Gasteiger partial charge in [0.1, 0.15) is 22.2 Å². The summed E-state index contributed by atoms with van der Waals surface area (Å²) < 4.78 is 48.3. The lowest BCUT2D eigenvalue weighted by molar-refractivity contribution is 0.0945. The van der Waals surface area contributed by atoms with Crippen LogP contribution >= 0.6 is 0 Å². The number of carbonyl (C=O) groups excluding carboxylic acids is 1. The van der Waals surface area contributed by atoms with E-state index < -0.39 is 21.9 Å². The van der Waals surface area contributed by atoms with Crippen molar-refractivity contribution in [2.75, 3.05) is 7.11 Å². The van der Waals surface area contributed by atoms with Crippen molar-refractivity contribution in [1.29, 1.82) is 0 Å². The number of aromatic nitrogens is 2. The average molecular weight is 444 g/mol. The molecule has 1 aromatic heterocycles. The molecule has 1 aliphatic rings. The van der Waals surface area contributed by atoms with Crippen molar-refractivity contribution in [3.8, 4) is 5.75 Å². The molecule has 0 aliphatic carbocycles. The Hall–Kier alpha value is -3.24. The zero-order valence-electron chi connectivity index (χ0n) is 16.7. The molecule has 2 N–H and O–H groups in total. The van der Waals surface area contributed by atoms with Crippen LogP contribution in [0.1, 0.15) is 21.7 Å². The minimum absolute atomic E-state index is 0.0574. The zero-order valence-corrected chi connectivity index (χ0v) is 17.5. The van der Waals surface area contributed by atoms with Crippen molar-refractivity contribution in [3.05, 3.63) is 77.4 Å². The minimum atomic E-state index is -4.01. The molecular weight excluding hydrogens is 423 g/mol. The third-order valence-corrected chi connectivity index (χ3v) is 6.52. The maximum absolute atomic E-state index is 13.6. The third-order valence-electron chi connectivity index (χ3n) is 4.98. The number of halogens is 1. The summed E-state index contributed by atoms with van der Waals surface area (Å²) in [4.78, 5) is 12.1. The van der Waals surface area contributed by atoms with Gasteiger partial charge in [-0.3, -0.25) is 9.48 Å². The highest BCUT2D eigenvalue weighted by molar-refractivity contribution is 7.89. The van der Waals surface area contributed by atoms with Gasteiger partial charge in [0.25, 0.3) is 5.91 Å². The molecule has 0 fully saturated rings. The monoisotopic (exact) mass is 444 g/mol. The SMILES string of the molecule is COc1ccc(F)cc1S(=O)(=O)N[C@H]1Cc2cc(C(=O)NCc3ccccc3)nn2C1. The van der Waals surface area contributed by atoms with Crippen LogP contribution in [0.3, 0.4) is 0 Å². The second kappa shape index (κ2) is 8.48. The quantitative estimate of drug-likeness (QED) is 0.579. The van der Waals surface area contributed by atoms with Crippen LogP contribution in [-0.2, 0) is 29.5 Å². The number of ether oxygens (including phenoxy) is 1. The van der Waals surface area contributed by atoms with Crippen molar-refractivity contribution >= 4 is 15.9 Å². The molecule has 1 atom stereocenters. The fourth-order valence-corrected chi connectivity index (χ4v) is 4.91. The van der Waals surface area contributed by atoms with E-state index in [-0.39, 0.29) is 28.8 Å². The second-order valence-electron chi connectivity index (χ2n) is 7.19. The average Bonchev–Trinajstić information content (AvgIpc) is 3.31. The van der Waals surface area contributed by atoms with Crippen LogP contribution in [0, 0.1) is 5.82 Å². The van der Waals surface area contributed by atoms with Crippen LogP contribution < -0.4 is 14.8 Å². The van der Waals surface area contributed by atoms with Crippen LogP contribution in [0.15, 0.2) is 59.5 Å². The number of amides is 1. The van der Waals surface area contributed by atoms with Gasteiger partial charge in [0.2, 0.25) is 10.0 Å². The first kappa shape index (κ1) is 21.0. The topological polar surface area (TPSA) is 102 Å². The van der Waals surface area contributed by atoms with Crippen LogP contribution in [0.2, 0.25) is 0 Å². The van der Waals surface area contributed by atoms with Crippen LogP contribution in [0.25, 0.3) is 0 Å². The molecule has 0 bridgehead atoms. The standard InChI is InChI=1S/C21H21FN4O4S/c1-30-19-8-7-15(22)9-20(19)31(28,29)25-16-10-17-11-18(24-26(17)13-16)21(27)23-12-14-5-3-2-4-6-14/h2-9,11,16,25H,10,12-13H2,1H3,(H,23,27)/t16-/m0/s1. The Morgan fingerprint density at radius 1 is 1.23 bits per heavy atom. The molecule has 0 spiro atoms. The van der Waals surface area contributed by atoms with E-state index in [0.717, 1.165) is 23.4 Å². The highest BCUT2D eigenvalue weighted by Crippen LogP contribution is 2.26. The smallest absolute Gasteiger partial charge is 0.272 e. The molecule has 2 heterocycles. The number of nitrogens with zero attached hydrogens (tertiary/aromatic N) is 2. The van der Waals surface area contributed by atoms with Crippen LogP contribution in [0.4, 0.5) is 4.39 Å². The number of hydrogen-bond donors (Lipinski definition) is 2. The zero-order chi connectivity index (χ0) is 22.0. The number of carbonyl (C=O) groups is 1. The van der Waals surface area contributed by atoms with Gasteiger partial charge in [0, 0.05) is 24.7 Å². The first-order chi connectivity index (χ1) is 14.9. The highest BCUT2D eigenvalue weighted by atomic mass is 32.2. The maximum atomic E-state index is 13.6.